The van der Waals surface area contributed by atoms with Crippen LogP contribution in [-0.4, -0.2) is 14.7 Å². The van der Waals surface area contributed by atoms with Gasteiger partial charge in [0.1, 0.15) is 5.52 Å². The fourth-order valence-corrected chi connectivity index (χ4v) is 2.49. The molecular formula is C12H10Cl2N2O2. The highest BCUT2D eigenvalue weighted by molar-refractivity contribution is 6.39. The lowest BCUT2D eigenvalue weighted by Gasteiger charge is -2.08. The van der Waals surface area contributed by atoms with Crippen LogP contribution in [0.4, 0.5) is 0 Å². The summed E-state index contributed by atoms with van der Waals surface area (Å²) in [6.07, 6.45) is 3.73. The van der Waals surface area contributed by atoms with Gasteiger partial charge in [-0.2, -0.15) is 0 Å². The van der Waals surface area contributed by atoms with Gasteiger partial charge in [-0.25, -0.2) is 4.98 Å². The zero-order valence-corrected chi connectivity index (χ0v) is 10.9. The number of phenolic OH excluding ortho intramolecular Hbond substituents is 1. The summed E-state index contributed by atoms with van der Waals surface area (Å²) in [5, 5.41) is 10.3. The maximum atomic E-state index is 12.3. The van der Waals surface area contributed by atoms with Crippen LogP contribution in [0, 0.1) is 5.92 Å². The highest BCUT2D eigenvalue weighted by Crippen LogP contribution is 2.35. The maximum Gasteiger partial charge on any atom is 0.262 e. The van der Waals surface area contributed by atoms with Crippen molar-refractivity contribution in [2.24, 2.45) is 5.92 Å². The van der Waals surface area contributed by atoms with Crippen molar-refractivity contribution in [1.29, 1.82) is 0 Å². The van der Waals surface area contributed by atoms with Crippen LogP contribution in [0.2, 0.25) is 10.0 Å². The summed E-state index contributed by atoms with van der Waals surface area (Å²) in [6, 6.07) is 1.37. The molecule has 18 heavy (non-hydrogen) atoms. The molecule has 1 heterocycles. The number of aromatic hydroxyl groups is 1. The predicted molar refractivity (Wildman–Crippen MR) is 70.4 cm³/mol. The number of benzene rings is 1. The highest BCUT2D eigenvalue weighted by Gasteiger charge is 2.23. The SMILES string of the molecule is O=c1c2c(Cl)cc(Cl)c(O)c2ncn1CC1CC1. The van der Waals surface area contributed by atoms with Crippen LogP contribution in [0.15, 0.2) is 17.2 Å². The summed E-state index contributed by atoms with van der Waals surface area (Å²) in [4.78, 5) is 16.3. The topological polar surface area (TPSA) is 55.1 Å². The van der Waals surface area contributed by atoms with E-state index in [-0.39, 0.29) is 32.3 Å². The number of halogens is 2. The van der Waals surface area contributed by atoms with E-state index in [2.05, 4.69) is 4.98 Å². The van der Waals surface area contributed by atoms with E-state index < -0.39 is 0 Å². The first-order chi connectivity index (χ1) is 8.58. The Bertz CT molecular complexity index is 693. The molecule has 1 saturated carbocycles. The first kappa shape index (κ1) is 11.8. The molecule has 0 aliphatic heterocycles. The minimum atomic E-state index is -0.233. The predicted octanol–water partition coefficient (Wildman–Crippen LogP) is 2.82. The van der Waals surface area contributed by atoms with Gasteiger partial charge in [0, 0.05) is 6.54 Å². The molecule has 94 valence electrons. The quantitative estimate of drug-likeness (QED) is 0.923. The zero-order valence-electron chi connectivity index (χ0n) is 9.36. The van der Waals surface area contributed by atoms with Gasteiger partial charge in [0.25, 0.3) is 5.56 Å². The van der Waals surface area contributed by atoms with E-state index in [0.29, 0.717) is 12.5 Å². The van der Waals surface area contributed by atoms with Gasteiger partial charge in [0.05, 0.1) is 21.8 Å². The molecule has 0 saturated heterocycles. The third-order valence-corrected chi connectivity index (χ3v) is 3.72. The molecular weight excluding hydrogens is 275 g/mol. The van der Waals surface area contributed by atoms with Gasteiger partial charge in [-0.1, -0.05) is 23.2 Å². The van der Waals surface area contributed by atoms with E-state index in [1.54, 1.807) is 4.57 Å². The Balaban J connectivity index is 2.27. The lowest BCUT2D eigenvalue weighted by molar-refractivity contribution is 0.480. The molecule has 3 rings (SSSR count). The van der Waals surface area contributed by atoms with Crippen molar-refractivity contribution in [3.8, 4) is 5.75 Å². The van der Waals surface area contributed by atoms with Crippen LogP contribution >= 0.6 is 23.2 Å². The highest BCUT2D eigenvalue weighted by atomic mass is 35.5. The van der Waals surface area contributed by atoms with Crippen molar-refractivity contribution in [2.75, 3.05) is 0 Å². The van der Waals surface area contributed by atoms with Crippen molar-refractivity contribution in [3.63, 3.8) is 0 Å². The third-order valence-electron chi connectivity index (χ3n) is 3.13. The lowest BCUT2D eigenvalue weighted by Crippen LogP contribution is -2.21. The molecule has 0 atom stereocenters. The van der Waals surface area contributed by atoms with Gasteiger partial charge < -0.3 is 5.11 Å². The van der Waals surface area contributed by atoms with Gasteiger partial charge in [-0.05, 0) is 24.8 Å². The Kier molecular flexibility index (Phi) is 2.72. The summed E-state index contributed by atoms with van der Waals surface area (Å²) < 4.78 is 1.54. The van der Waals surface area contributed by atoms with Crippen molar-refractivity contribution >= 4 is 34.1 Å². The van der Waals surface area contributed by atoms with Crippen molar-refractivity contribution in [3.05, 3.63) is 32.8 Å². The molecule has 1 fully saturated rings. The Hall–Kier alpha value is -1.26. The van der Waals surface area contributed by atoms with Crippen LogP contribution in [-0.2, 0) is 6.54 Å². The number of hydrogen-bond acceptors (Lipinski definition) is 3. The average Bonchev–Trinajstić information content (AvgIpc) is 3.12. The fraction of sp³-hybridized carbons (Fsp3) is 0.333. The van der Waals surface area contributed by atoms with Crippen LogP contribution in [0.25, 0.3) is 10.9 Å². The number of hydrogen-bond donors (Lipinski definition) is 1. The summed E-state index contributed by atoms with van der Waals surface area (Å²) in [7, 11) is 0. The van der Waals surface area contributed by atoms with Gasteiger partial charge in [-0.3, -0.25) is 9.36 Å². The Morgan fingerprint density at radius 3 is 2.78 bits per heavy atom. The number of aromatic nitrogens is 2. The first-order valence-corrected chi connectivity index (χ1v) is 6.39. The average molecular weight is 285 g/mol. The fourth-order valence-electron chi connectivity index (χ4n) is 1.96. The summed E-state index contributed by atoms with van der Waals surface area (Å²) in [5.74, 6) is 0.355. The van der Waals surface area contributed by atoms with Crippen LogP contribution in [0.5, 0.6) is 5.75 Å². The van der Waals surface area contributed by atoms with Gasteiger partial charge in [0.15, 0.2) is 5.75 Å². The van der Waals surface area contributed by atoms with E-state index in [1.165, 1.54) is 12.4 Å². The summed E-state index contributed by atoms with van der Waals surface area (Å²) in [6.45, 7) is 0.654. The molecule has 0 radical (unpaired) electrons. The van der Waals surface area contributed by atoms with E-state index in [0.717, 1.165) is 12.8 Å². The second-order valence-electron chi connectivity index (χ2n) is 4.56. The molecule has 0 unspecified atom stereocenters. The van der Waals surface area contributed by atoms with E-state index in [1.807, 2.05) is 0 Å². The van der Waals surface area contributed by atoms with Gasteiger partial charge in [0.2, 0.25) is 0 Å². The van der Waals surface area contributed by atoms with Crippen molar-refractivity contribution < 1.29 is 5.11 Å². The van der Waals surface area contributed by atoms with Crippen molar-refractivity contribution in [2.45, 2.75) is 19.4 Å². The third kappa shape index (κ3) is 1.85. The molecule has 0 bridgehead atoms. The smallest absolute Gasteiger partial charge is 0.262 e. The molecule has 1 N–H and O–H groups in total. The first-order valence-electron chi connectivity index (χ1n) is 5.64. The minimum absolute atomic E-state index is 0.0966. The minimum Gasteiger partial charge on any atom is -0.504 e. The Morgan fingerprint density at radius 1 is 1.39 bits per heavy atom. The monoisotopic (exact) mass is 284 g/mol. The number of nitrogens with zero attached hydrogens (tertiary/aromatic N) is 2. The molecule has 2 aromatic rings. The normalized spacial score (nSPS) is 15.2. The molecule has 0 amide bonds. The maximum absolute atomic E-state index is 12.3. The van der Waals surface area contributed by atoms with E-state index in [9.17, 15) is 9.90 Å². The summed E-state index contributed by atoms with van der Waals surface area (Å²) in [5.41, 5.74) is -0.0755. The standard InChI is InChI=1S/C12H10Cl2N2O2/c13-7-3-8(14)11(17)10-9(7)12(18)16(5-15-10)4-6-1-2-6/h3,5-6,17H,1-2,4H2. The van der Waals surface area contributed by atoms with Gasteiger partial charge >= 0.3 is 0 Å². The largest absolute Gasteiger partial charge is 0.504 e. The molecule has 4 nitrogen and oxygen atoms in total. The molecule has 1 aliphatic carbocycles. The Morgan fingerprint density at radius 2 is 2.11 bits per heavy atom. The summed E-state index contributed by atoms with van der Waals surface area (Å²) >= 11 is 11.8. The second-order valence-corrected chi connectivity index (χ2v) is 5.37. The van der Waals surface area contributed by atoms with Crippen LogP contribution < -0.4 is 5.56 Å². The lowest BCUT2D eigenvalue weighted by atomic mass is 10.2. The molecule has 1 aliphatic rings. The van der Waals surface area contributed by atoms with Crippen LogP contribution in [0.1, 0.15) is 12.8 Å². The number of rotatable bonds is 2. The Labute approximate surface area is 113 Å². The van der Waals surface area contributed by atoms with Gasteiger partial charge in [-0.15, -0.1) is 0 Å². The van der Waals surface area contributed by atoms with Crippen LogP contribution in [0.3, 0.4) is 0 Å². The number of phenols is 1. The van der Waals surface area contributed by atoms with E-state index in [4.69, 9.17) is 23.2 Å². The molecule has 1 aromatic carbocycles. The molecule has 0 spiro atoms. The van der Waals surface area contributed by atoms with E-state index >= 15 is 0 Å². The van der Waals surface area contributed by atoms with Crippen molar-refractivity contribution in [1.82, 2.24) is 9.55 Å². The zero-order chi connectivity index (χ0) is 12.9. The molecule has 1 aromatic heterocycles. The number of fused-ring (bicyclic) bond motifs is 1. The second kappa shape index (κ2) is 4.14. The molecule has 6 heteroatoms.